The van der Waals surface area contributed by atoms with Crippen LogP contribution in [0.15, 0.2) is 51.4 Å². The van der Waals surface area contributed by atoms with Gasteiger partial charge in [0.05, 0.1) is 4.47 Å². The molecule has 2 N–H and O–H groups in total. The van der Waals surface area contributed by atoms with Crippen LogP contribution in [0.25, 0.3) is 0 Å². The number of urea groups is 1. The number of amides is 2. The number of benzene rings is 2. The summed E-state index contributed by atoms with van der Waals surface area (Å²) in [6, 6.07) is 10.5. The predicted molar refractivity (Wildman–Crippen MR) is 105 cm³/mol. The lowest BCUT2D eigenvalue weighted by atomic mass is 10.3. The molecule has 0 saturated carbocycles. The Kier molecular flexibility index (Phi) is 6.17. The number of hydrogen-bond acceptors (Lipinski definition) is 5. The third-order valence-electron chi connectivity index (χ3n) is 3.03. The molecule has 10 heteroatoms. The first-order chi connectivity index (χ1) is 12.5. The summed E-state index contributed by atoms with van der Waals surface area (Å²) in [5, 5.41) is 14.0. The Morgan fingerprint density at radius 2 is 1.88 bits per heavy atom. The van der Waals surface area contributed by atoms with Gasteiger partial charge in [-0.15, -0.1) is 10.2 Å². The number of rotatable bonds is 5. The minimum absolute atomic E-state index is 0.221. The molecule has 1 heterocycles. The fourth-order valence-corrected chi connectivity index (χ4v) is 3.70. The van der Waals surface area contributed by atoms with Crippen molar-refractivity contribution >= 4 is 60.0 Å². The molecule has 0 atom stereocenters. The Hall–Kier alpha value is -2.04. The zero-order valence-corrected chi connectivity index (χ0v) is 17.0. The van der Waals surface area contributed by atoms with E-state index >= 15 is 0 Å². The van der Waals surface area contributed by atoms with Gasteiger partial charge in [0, 0.05) is 10.2 Å². The third-order valence-corrected chi connectivity index (χ3v) is 4.96. The molecular formula is C16H11Br2FN4O2S. The minimum Gasteiger partial charge on any atom is -0.485 e. The first-order valence-electron chi connectivity index (χ1n) is 7.23. The molecule has 26 heavy (non-hydrogen) atoms. The van der Waals surface area contributed by atoms with Crippen LogP contribution < -0.4 is 15.4 Å². The van der Waals surface area contributed by atoms with Crippen LogP contribution in [0.2, 0.25) is 0 Å². The Morgan fingerprint density at radius 1 is 1.12 bits per heavy atom. The lowest BCUT2D eigenvalue weighted by molar-refractivity contribution is 0.262. The summed E-state index contributed by atoms with van der Waals surface area (Å²) in [6.45, 7) is 0.221. The number of nitrogens with zero attached hydrogens (tertiary/aromatic N) is 2. The Morgan fingerprint density at radius 3 is 2.62 bits per heavy atom. The quantitative estimate of drug-likeness (QED) is 0.489. The van der Waals surface area contributed by atoms with Gasteiger partial charge in [-0.1, -0.05) is 27.3 Å². The number of halogens is 3. The van der Waals surface area contributed by atoms with E-state index in [2.05, 4.69) is 52.7 Å². The summed E-state index contributed by atoms with van der Waals surface area (Å²) >= 11 is 7.99. The molecule has 0 unspecified atom stereocenters. The molecule has 2 amide bonds. The average molecular weight is 502 g/mol. The molecule has 0 aliphatic carbocycles. The molecule has 3 rings (SSSR count). The maximum Gasteiger partial charge on any atom is 0.325 e. The summed E-state index contributed by atoms with van der Waals surface area (Å²) in [5.41, 5.74) is 0.470. The van der Waals surface area contributed by atoms with Gasteiger partial charge >= 0.3 is 6.03 Å². The number of nitrogens with one attached hydrogen (secondary N) is 2. The zero-order chi connectivity index (χ0) is 18.5. The summed E-state index contributed by atoms with van der Waals surface area (Å²) in [7, 11) is 0. The molecule has 0 spiro atoms. The van der Waals surface area contributed by atoms with Gasteiger partial charge in [0.25, 0.3) is 0 Å². The SMILES string of the molecule is O=C(Nc1ccc(F)cc1)Nc1nnc(COc2ccc(Br)cc2Br)s1. The first kappa shape index (κ1) is 18.7. The van der Waals surface area contributed by atoms with Crippen molar-refractivity contribution in [3.05, 3.63) is 62.2 Å². The number of carbonyl (C=O) groups is 1. The molecule has 0 fully saturated rings. The van der Waals surface area contributed by atoms with Gasteiger partial charge in [0.15, 0.2) is 5.01 Å². The van der Waals surface area contributed by atoms with Crippen LogP contribution in [0.3, 0.4) is 0 Å². The van der Waals surface area contributed by atoms with Crippen molar-refractivity contribution in [1.82, 2.24) is 10.2 Å². The summed E-state index contributed by atoms with van der Waals surface area (Å²) in [4.78, 5) is 11.9. The molecule has 0 saturated heterocycles. The van der Waals surface area contributed by atoms with Gasteiger partial charge in [-0.2, -0.15) is 0 Å². The summed E-state index contributed by atoms with van der Waals surface area (Å²) in [5.74, 6) is 0.300. The third kappa shape index (κ3) is 5.23. The normalized spacial score (nSPS) is 10.4. The largest absolute Gasteiger partial charge is 0.485 e. The number of carbonyl (C=O) groups excluding carboxylic acids is 1. The summed E-state index contributed by atoms with van der Waals surface area (Å²) in [6.07, 6.45) is 0. The van der Waals surface area contributed by atoms with Crippen molar-refractivity contribution in [1.29, 1.82) is 0 Å². The highest BCUT2D eigenvalue weighted by Crippen LogP contribution is 2.29. The van der Waals surface area contributed by atoms with E-state index in [1.165, 1.54) is 35.6 Å². The van der Waals surface area contributed by atoms with E-state index in [0.717, 1.165) is 8.95 Å². The number of aromatic nitrogens is 2. The van der Waals surface area contributed by atoms with Gasteiger partial charge < -0.3 is 10.1 Å². The monoisotopic (exact) mass is 500 g/mol. The van der Waals surface area contributed by atoms with Crippen LogP contribution in [0.4, 0.5) is 20.0 Å². The molecule has 3 aromatic rings. The van der Waals surface area contributed by atoms with E-state index in [9.17, 15) is 9.18 Å². The van der Waals surface area contributed by atoms with Crippen molar-refractivity contribution in [3.63, 3.8) is 0 Å². The highest BCUT2D eigenvalue weighted by atomic mass is 79.9. The maximum absolute atomic E-state index is 12.9. The molecular weight excluding hydrogens is 491 g/mol. The standard InChI is InChI=1S/C16H11Br2FN4O2S/c17-9-1-6-13(12(18)7-9)25-8-14-22-23-16(26-14)21-15(24)20-11-4-2-10(19)3-5-11/h1-7H,8H2,(H2,20,21,23,24). The molecule has 2 aromatic carbocycles. The van der Waals surface area contributed by atoms with E-state index < -0.39 is 6.03 Å². The second-order valence-electron chi connectivity index (χ2n) is 4.95. The lowest BCUT2D eigenvalue weighted by Crippen LogP contribution is -2.19. The molecule has 0 bridgehead atoms. The zero-order valence-electron chi connectivity index (χ0n) is 13.0. The van der Waals surface area contributed by atoms with Crippen molar-refractivity contribution in [3.8, 4) is 5.75 Å². The van der Waals surface area contributed by atoms with E-state index in [4.69, 9.17) is 4.74 Å². The van der Waals surface area contributed by atoms with E-state index in [1.807, 2.05) is 18.2 Å². The second kappa shape index (κ2) is 8.56. The molecule has 0 radical (unpaired) electrons. The van der Waals surface area contributed by atoms with Gasteiger partial charge in [-0.05, 0) is 58.4 Å². The van der Waals surface area contributed by atoms with Crippen molar-refractivity contribution in [2.45, 2.75) is 6.61 Å². The molecule has 1 aromatic heterocycles. The van der Waals surface area contributed by atoms with Gasteiger partial charge in [0.1, 0.15) is 18.2 Å². The van der Waals surface area contributed by atoms with Crippen molar-refractivity contribution < 1.29 is 13.9 Å². The molecule has 6 nitrogen and oxygen atoms in total. The Labute approximate surface area is 169 Å². The topological polar surface area (TPSA) is 76.1 Å². The molecule has 134 valence electrons. The van der Waals surface area contributed by atoms with Crippen LogP contribution in [0, 0.1) is 5.82 Å². The molecule has 0 aliphatic rings. The van der Waals surface area contributed by atoms with Crippen LogP contribution in [0.5, 0.6) is 5.75 Å². The lowest BCUT2D eigenvalue weighted by Gasteiger charge is -2.06. The Bertz CT molecular complexity index is 921. The van der Waals surface area contributed by atoms with E-state index in [-0.39, 0.29) is 12.4 Å². The van der Waals surface area contributed by atoms with Gasteiger partial charge in [0.2, 0.25) is 5.13 Å². The predicted octanol–water partition coefficient (Wildman–Crippen LogP) is 5.43. The molecule has 0 aliphatic heterocycles. The van der Waals surface area contributed by atoms with E-state index in [1.54, 1.807) is 0 Å². The number of anilines is 2. The number of hydrogen-bond donors (Lipinski definition) is 2. The van der Waals surface area contributed by atoms with Crippen LogP contribution in [-0.2, 0) is 6.61 Å². The highest BCUT2D eigenvalue weighted by Gasteiger charge is 2.10. The fourth-order valence-electron chi connectivity index (χ4n) is 1.89. The van der Waals surface area contributed by atoms with Crippen molar-refractivity contribution in [2.24, 2.45) is 0 Å². The maximum atomic E-state index is 12.9. The van der Waals surface area contributed by atoms with Crippen LogP contribution >= 0.6 is 43.2 Å². The minimum atomic E-state index is -0.490. The van der Waals surface area contributed by atoms with Crippen molar-refractivity contribution in [2.75, 3.05) is 10.6 Å². The summed E-state index contributed by atoms with van der Waals surface area (Å²) < 4.78 is 20.3. The van der Waals surface area contributed by atoms with Crippen LogP contribution in [-0.4, -0.2) is 16.2 Å². The number of ether oxygens (including phenoxy) is 1. The smallest absolute Gasteiger partial charge is 0.325 e. The average Bonchev–Trinajstić information content (AvgIpc) is 3.03. The van der Waals surface area contributed by atoms with E-state index in [0.29, 0.717) is 21.6 Å². The van der Waals surface area contributed by atoms with Gasteiger partial charge in [-0.3, -0.25) is 5.32 Å². The Balaban J connectivity index is 1.54. The highest BCUT2D eigenvalue weighted by molar-refractivity contribution is 9.11. The van der Waals surface area contributed by atoms with Gasteiger partial charge in [-0.25, -0.2) is 9.18 Å². The fraction of sp³-hybridized carbons (Fsp3) is 0.0625. The van der Waals surface area contributed by atoms with Crippen LogP contribution in [0.1, 0.15) is 5.01 Å². The first-order valence-corrected chi connectivity index (χ1v) is 9.63. The second-order valence-corrected chi connectivity index (χ2v) is 7.78.